The van der Waals surface area contributed by atoms with Crippen LogP contribution in [0.1, 0.15) is 24.1 Å². The molecular formula is C15H18N2O. The normalized spacial score (nSPS) is 12.1. The predicted octanol–water partition coefficient (Wildman–Crippen LogP) is 2.79. The Morgan fingerprint density at radius 2 is 1.67 bits per heavy atom. The second kappa shape index (κ2) is 6.17. The maximum absolute atomic E-state index is 5.18. The third-order valence-corrected chi connectivity index (χ3v) is 2.90. The van der Waals surface area contributed by atoms with Crippen molar-refractivity contribution in [1.82, 2.24) is 10.3 Å². The SMILES string of the molecule is CCNC(c1ccncc1)c1ccc(OC)cc1. The van der Waals surface area contributed by atoms with Crippen LogP contribution in [0, 0.1) is 0 Å². The summed E-state index contributed by atoms with van der Waals surface area (Å²) in [5.41, 5.74) is 2.45. The highest BCUT2D eigenvalue weighted by Crippen LogP contribution is 2.23. The van der Waals surface area contributed by atoms with E-state index in [0.717, 1.165) is 12.3 Å². The summed E-state index contributed by atoms with van der Waals surface area (Å²) in [6.45, 7) is 3.02. The van der Waals surface area contributed by atoms with E-state index >= 15 is 0 Å². The lowest BCUT2D eigenvalue weighted by atomic mass is 9.99. The predicted molar refractivity (Wildman–Crippen MR) is 72.8 cm³/mol. The van der Waals surface area contributed by atoms with Gasteiger partial charge in [0.1, 0.15) is 5.75 Å². The Bertz CT molecular complexity index is 468. The number of benzene rings is 1. The molecule has 0 spiro atoms. The Labute approximate surface area is 108 Å². The van der Waals surface area contributed by atoms with Crippen LogP contribution in [-0.2, 0) is 0 Å². The van der Waals surface area contributed by atoms with Gasteiger partial charge in [0, 0.05) is 12.4 Å². The second-order valence-electron chi connectivity index (χ2n) is 4.04. The van der Waals surface area contributed by atoms with Crippen LogP contribution in [0.2, 0.25) is 0 Å². The molecule has 94 valence electrons. The third kappa shape index (κ3) is 2.87. The number of aromatic nitrogens is 1. The molecule has 3 heteroatoms. The van der Waals surface area contributed by atoms with Gasteiger partial charge in [-0.1, -0.05) is 19.1 Å². The number of nitrogens with zero attached hydrogens (tertiary/aromatic N) is 1. The molecule has 1 atom stereocenters. The average Bonchev–Trinajstić information content (AvgIpc) is 2.46. The number of rotatable bonds is 5. The van der Waals surface area contributed by atoms with Crippen LogP contribution in [0.5, 0.6) is 5.75 Å². The van der Waals surface area contributed by atoms with Crippen molar-refractivity contribution in [3.63, 3.8) is 0 Å². The van der Waals surface area contributed by atoms with Gasteiger partial charge in [-0.05, 0) is 41.9 Å². The summed E-state index contributed by atoms with van der Waals surface area (Å²) in [4.78, 5) is 4.06. The summed E-state index contributed by atoms with van der Waals surface area (Å²) >= 11 is 0. The number of pyridine rings is 1. The summed E-state index contributed by atoms with van der Waals surface area (Å²) in [5, 5.41) is 3.48. The van der Waals surface area contributed by atoms with Crippen LogP contribution < -0.4 is 10.1 Å². The molecule has 18 heavy (non-hydrogen) atoms. The first-order valence-corrected chi connectivity index (χ1v) is 6.12. The van der Waals surface area contributed by atoms with Crippen molar-refractivity contribution in [1.29, 1.82) is 0 Å². The van der Waals surface area contributed by atoms with E-state index in [1.165, 1.54) is 11.1 Å². The number of ether oxygens (including phenoxy) is 1. The van der Waals surface area contributed by atoms with Crippen LogP contribution in [0.25, 0.3) is 0 Å². The Hall–Kier alpha value is -1.87. The van der Waals surface area contributed by atoms with Crippen molar-refractivity contribution in [2.75, 3.05) is 13.7 Å². The molecule has 0 aliphatic carbocycles. The van der Waals surface area contributed by atoms with Crippen LogP contribution >= 0.6 is 0 Å². The summed E-state index contributed by atoms with van der Waals surface area (Å²) in [6, 6.07) is 12.4. The maximum Gasteiger partial charge on any atom is 0.118 e. The van der Waals surface area contributed by atoms with Crippen molar-refractivity contribution in [3.05, 3.63) is 59.9 Å². The van der Waals surface area contributed by atoms with Crippen molar-refractivity contribution in [3.8, 4) is 5.75 Å². The first-order chi connectivity index (χ1) is 8.85. The fraction of sp³-hybridized carbons (Fsp3) is 0.267. The molecule has 2 rings (SSSR count). The van der Waals surface area contributed by atoms with Crippen molar-refractivity contribution in [2.45, 2.75) is 13.0 Å². The van der Waals surface area contributed by atoms with Crippen LogP contribution in [0.15, 0.2) is 48.8 Å². The summed E-state index contributed by atoms with van der Waals surface area (Å²) in [7, 11) is 1.68. The van der Waals surface area contributed by atoms with Crippen LogP contribution in [0.3, 0.4) is 0 Å². The lowest BCUT2D eigenvalue weighted by Crippen LogP contribution is -2.21. The van der Waals surface area contributed by atoms with Crippen molar-refractivity contribution < 1.29 is 4.74 Å². The number of nitrogens with one attached hydrogen (secondary N) is 1. The molecular weight excluding hydrogens is 224 g/mol. The van der Waals surface area contributed by atoms with Gasteiger partial charge in [0.05, 0.1) is 13.2 Å². The van der Waals surface area contributed by atoms with E-state index in [-0.39, 0.29) is 6.04 Å². The second-order valence-corrected chi connectivity index (χ2v) is 4.04. The van der Waals surface area contributed by atoms with E-state index in [4.69, 9.17) is 4.74 Å². The minimum atomic E-state index is 0.198. The van der Waals surface area contributed by atoms with Crippen LogP contribution in [-0.4, -0.2) is 18.6 Å². The zero-order valence-electron chi connectivity index (χ0n) is 10.8. The number of methoxy groups -OCH3 is 1. The fourth-order valence-corrected chi connectivity index (χ4v) is 1.98. The van der Waals surface area contributed by atoms with Gasteiger partial charge in [-0.3, -0.25) is 4.98 Å². The highest BCUT2D eigenvalue weighted by Gasteiger charge is 2.12. The topological polar surface area (TPSA) is 34.2 Å². The van der Waals surface area contributed by atoms with E-state index in [0.29, 0.717) is 0 Å². The molecule has 1 aromatic heterocycles. The van der Waals surface area contributed by atoms with Gasteiger partial charge in [-0.25, -0.2) is 0 Å². The maximum atomic E-state index is 5.18. The summed E-state index contributed by atoms with van der Waals surface area (Å²) in [6.07, 6.45) is 3.65. The smallest absolute Gasteiger partial charge is 0.118 e. The first kappa shape index (κ1) is 12.6. The highest BCUT2D eigenvalue weighted by molar-refractivity contribution is 5.34. The Morgan fingerprint density at radius 3 is 2.22 bits per heavy atom. The molecule has 0 aliphatic heterocycles. The molecule has 0 saturated heterocycles. The fourth-order valence-electron chi connectivity index (χ4n) is 1.98. The van der Waals surface area contributed by atoms with Gasteiger partial charge in [-0.2, -0.15) is 0 Å². The summed E-state index contributed by atoms with van der Waals surface area (Å²) < 4.78 is 5.18. The van der Waals surface area contributed by atoms with Gasteiger partial charge in [-0.15, -0.1) is 0 Å². The molecule has 2 aromatic rings. The molecule has 0 fully saturated rings. The molecule has 0 saturated carbocycles. The standard InChI is InChI=1S/C15H18N2O/c1-3-17-15(13-8-10-16-11-9-13)12-4-6-14(18-2)7-5-12/h4-11,15,17H,3H2,1-2H3. The van der Waals surface area contributed by atoms with E-state index in [9.17, 15) is 0 Å². The minimum Gasteiger partial charge on any atom is -0.497 e. The van der Waals surface area contributed by atoms with Crippen LogP contribution in [0.4, 0.5) is 0 Å². The minimum absolute atomic E-state index is 0.198. The van der Waals surface area contributed by atoms with Gasteiger partial charge in [0.2, 0.25) is 0 Å². The molecule has 1 unspecified atom stereocenters. The average molecular weight is 242 g/mol. The Kier molecular flexibility index (Phi) is 4.31. The lowest BCUT2D eigenvalue weighted by molar-refractivity contribution is 0.414. The quantitative estimate of drug-likeness (QED) is 0.875. The van der Waals surface area contributed by atoms with Crippen molar-refractivity contribution >= 4 is 0 Å². The van der Waals surface area contributed by atoms with E-state index in [1.807, 2.05) is 36.7 Å². The largest absolute Gasteiger partial charge is 0.497 e. The van der Waals surface area contributed by atoms with Gasteiger partial charge >= 0.3 is 0 Å². The van der Waals surface area contributed by atoms with Gasteiger partial charge < -0.3 is 10.1 Å². The molecule has 1 heterocycles. The summed E-state index contributed by atoms with van der Waals surface area (Å²) in [5.74, 6) is 0.878. The number of hydrogen-bond donors (Lipinski definition) is 1. The van der Waals surface area contributed by atoms with E-state index in [2.05, 4.69) is 29.4 Å². The zero-order chi connectivity index (χ0) is 12.8. The van der Waals surface area contributed by atoms with Gasteiger partial charge in [0.25, 0.3) is 0 Å². The Morgan fingerprint density at radius 1 is 1.06 bits per heavy atom. The van der Waals surface area contributed by atoms with Gasteiger partial charge in [0.15, 0.2) is 0 Å². The highest BCUT2D eigenvalue weighted by atomic mass is 16.5. The van der Waals surface area contributed by atoms with Crippen molar-refractivity contribution in [2.24, 2.45) is 0 Å². The Balaban J connectivity index is 2.29. The molecule has 3 nitrogen and oxygen atoms in total. The molecule has 0 bridgehead atoms. The molecule has 0 amide bonds. The molecule has 1 aromatic carbocycles. The number of hydrogen-bond acceptors (Lipinski definition) is 3. The van der Waals surface area contributed by atoms with E-state index < -0.39 is 0 Å². The van der Waals surface area contributed by atoms with E-state index in [1.54, 1.807) is 7.11 Å². The molecule has 1 N–H and O–H groups in total. The molecule has 0 aliphatic rings. The monoisotopic (exact) mass is 242 g/mol. The lowest BCUT2D eigenvalue weighted by Gasteiger charge is -2.19. The zero-order valence-corrected chi connectivity index (χ0v) is 10.8. The third-order valence-electron chi connectivity index (χ3n) is 2.90. The first-order valence-electron chi connectivity index (χ1n) is 6.12. The molecule has 0 radical (unpaired) electrons.